The SMILES string of the molecule is COc1ncc(F)cc1[C@@H](C)NSC(C)(C)C. The van der Waals surface area contributed by atoms with E-state index in [0.29, 0.717) is 5.88 Å². The molecule has 0 radical (unpaired) electrons. The van der Waals surface area contributed by atoms with E-state index >= 15 is 0 Å². The van der Waals surface area contributed by atoms with Crippen LogP contribution in [0.5, 0.6) is 5.88 Å². The fraction of sp³-hybridized carbons (Fsp3) is 0.583. The number of ether oxygens (including phenoxy) is 1. The normalized spacial score (nSPS) is 13.5. The first-order valence-corrected chi connectivity index (χ1v) is 6.28. The van der Waals surface area contributed by atoms with Crippen LogP contribution in [0, 0.1) is 5.82 Å². The molecule has 17 heavy (non-hydrogen) atoms. The molecular weight excluding hydrogens is 239 g/mol. The number of nitrogens with one attached hydrogen (secondary N) is 1. The number of nitrogens with zero attached hydrogens (tertiary/aromatic N) is 1. The molecule has 0 bridgehead atoms. The van der Waals surface area contributed by atoms with Crippen LogP contribution < -0.4 is 9.46 Å². The third-order valence-electron chi connectivity index (χ3n) is 2.05. The summed E-state index contributed by atoms with van der Waals surface area (Å²) in [5.41, 5.74) is 0.726. The molecule has 0 aliphatic heterocycles. The summed E-state index contributed by atoms with van der Waals surface area (Å²) < 4.78 is 21.7. The van der Waals surface area contributed by atoms with Crippen LogP contribution in [0.25, 0.3) is 0 Å². The smallest absolute Gasteiger partial charge is 0.218 e. The molecule has 3 nitrogen and oxygen atoms in total. The van der Waals surface area contributed by atoms with Crippen molar-refractivity contribution in [3.63, 3.8) is 0 Å². The van der Waals surface area contributed by atoms with Crippen LogP contribution in [0.2, 0.25) is 0 Å². The largest absolute Gasteiger partial charge is 0.481 e. The van der Waals surface area contributed by atoms with Crippen molar-refractivity contribution in [2.24, 2.45) is 0 Å². The van der Waals surface area contributed by atoms with Crippen molar-refractivity contribution in [2.75, 3.05) is 7.11 Å². The van der Waals surface area contributed by atoms with Crippen molar-refractivity contribution in [3.8, 4) is 5.88 Å². The van der Waals surface area contributed by atoms with Crippen LogP contribution in [0.15, 0.2) is 12.3 Å². The maximum absolute atomic E-state index is 13.2. The first-order chi connectivity index (χ1) is 7.83. The third-order valence-corrected chi connectivity index (χ3v) is 3.13. The highest BCUT2D eigenvalue weighted by atomic mass is 32.2. The lowest BCUT2D eigenvalue weighted by Crippen LogP contribution is -2.20. The number of hydrogen-bond acceptors (Lipinski definition) is 4. The first-order valence-electron chi connectivity index (χ1n) is 5.46. The fourth-order valence-electron chi connectivity index (χ4n) is 1.25. The van der Waals surface area contributed by atoms with Crippen molar-refractivity contribution >= 4 is 11.9 Å². The standard InChI is InChI=1S/C12H19FN2OS/c1-8(15-17-12(2,3)4)10-6-9(13)7-14-11(10)16-5/h6-8,15H,1-5H3/t8-/m1/s1. The minimum Gasteiger partial charge on any atom is -0.481 e. The highest BCUT2D eigenvalue weighted by Crippen LogP contribution is 2.28. The van der Waals surface area contributed by atoms with Crippen LogP contribution in [-0.4, -0.2) is 16.8 Å². The molecule has 0 unspecified atom stereocenters. The van der Waals surface area contributed by atoms with Gasteiger partial charge in [0.25, 0.3) is 0 Å². The van der Waals surface area contributed by atoms with Crippen LogP contribution >= 0.6 is 11.9 Å². The van der Waals surface area contributed by atoms with Crippen molar-refractivity contribution in [2.45, 2.75) is 38.5 Å². The average molecular weight is 258 g/mol. The van der Waals surface area contributed by atoms with Gasteiger partial charge in [-0.3, -0.25) is 4.72 Å². The summed E-state index contributed by atoms with van der Waals surface area (Å²) in [6.45, 7) is 8.28. The van der Waals surface area contributed by atoms with E-state index in [1.165, 1.54) is 13.2 Å². The molecule has 1 aromatic heterocycles. The number of methoxy groups -OCH3 is 1. The first kappa shape index (κ1) is 14.3. The van der Waals surface area contributed by atoms with Gasteiger partial charge in [0.2, 0.25) is 5.88 Å². The molecule has 0 spiro atoms. The molecule has 0 aromatic carbocycles. The van der Waals surface area contributed by atoms with Crippen molar-refractivity contribution in [1.29, 1.82) is 0 Å². The van der Waals surface area contributed by atoms with Gasteiger partial charge in [-0.05, 0) is 33.8 Å². The zero-order valence-corrected chi connectivity index (χ0v) is 11.7. The number of halogens is 1. The maximum atomic E-state index is 13.2. The summed E-state index contributed by atoms with van der Waals surface area (Å²) in [5.74, 6) is 0.108. The molecule has 1 N–H and O–H groups in total. The maximum Gasteiger partial charge on any atom is 0.218 e. The Morgan fingerprint density at radius 1 is 1.47 bits per heavy atom. The minimum absolute atomic E-state index is 0.0302. The van der Waals surface area contributed by atoms with Gasteiger partial charge in [0, 0.05) is 16.4 Å². The molecule has 0 aliphatic rings. The van der Waals surface area contributed by atoms with Crippen LogP contribution in [-0.2, 0) is 0 Å². The Kier molecular flexibility index (Phi) is 4.77. The molecule has 5 heteroatoms. The van der Waals surface area contributed by atoms with Crippen LogP contribution in [0.3, 0.4) is 0 Å². The second-order valence-corrected chi connectivity index (χ2v) is 6.47. The van der Waals surface area contributed by atoms with Gasteiger partial charge in [0.05, 0.1) is 13.3 Å². The zero-order chi connectivity index (χ0) is 13.1. The molecule has 1 heterocycles. The summed E-state index contributed by atoms with van der Waals surface area (Å²) in [5, 5.41) is 0. The van der Waals surface area contributed by atoms with Crippen molar-refractivity contribution in [3.05, 3.63) is 23.6 Å². The predicted octanol–water partition coefficient (Wildman–Crippen LogP) is 3.33. The molecule has 1 aromatic rings. The molecule has 0 saturated carbocycles. The van der Waals surface area contributed by atoms with Crippen molar-refractivity contribution in [1.82, 2.24) is 9.71 Å². The second kappa shape index (κ2) is 5.69. The van der Waals surface area contributed by atoms with Gasteiger partial charge >= 0.3 is 0 Å². The van der Waals surface area contributed by atoms with Gasteiger partial charge < -0.3 is 4.74 Å². The number of pyridine rings is 1. The lowest BCUT2D eigenvalue weighted by Gasteiger charge is -2.22. The quantitative estimate of drug-likeness (QED) is 0.840. The number of hydrogen-bond donors (Lipinski definition) is 1. The molecule has 0 fully saturated rings. The molecule has 0 saturated heterocycles. The Morgan fingerprint density at radius 3 is 2.65 bits per heavy atom. The second-order valence-electron chi connectivity index (χ2n) is 4.81. The molecule has 1 rings (SSSR count). The van der Waals surface area contributed by atoms with Crippen LogP contribution in [0.1, 0.15) is 39.3 Å². The van der Waals surface area contributed by atoms with Gasteiger partial charge in [-0.1, -0.05) is 11.9 Å². The van der Waals surface area contributed by atoms with Gasteiger partial charge in [0.1, 0.15) is 5.82 Å². The Labute approximate surface area is 106 Å². The van der Waals surface area contributed by atoms with Gasteiger partial charge in [-0.2, -0.15) is 0 Å². The minimum atomic E-state index is -0.352. The fourth-order valence-corrected chi connectivity index (χ4v) is 1.91. The average Bonchev–Trinajstić information content (AvgIpc) is 2.25. The zero-order valence-electron chi connectivity index (χ0n) is 10.9. The Balaban J connectivity index is 2.80. The molecule has 1 atom stereocenters. The Hall–Kier alpha value is -0.810. The van der Waals surface area contributed by atoms with Gasteiger partial charge in [-0.15, -0.1) is 0 Å². The van der Waals surface area contributed by atoms with Gasteiger partial charge in [0.15, 0.2) is 0 Å². The van der Waals surface area contributed by atoms with E-state index in [4.69, 9.17) is 4.74 Å². The number of aromatic nitrogens is 1. The van der Waals surface area contributed by atoms with E-state index in [-0.39, 0.29) is 16.6 Å². The van der Waals surface area contributed by atoms with Crippen LogP contribution in [0.4, 0.5) is 4.39 Å². The van der Waals surface area contributed by atoms with E-state index < -0.39 is 0 Å². The number of rotatable bonds is 4. The van der Waals surface area contributed by atoms with E-state index in [1.807, 2.05) is 6.92 Å². The summed E-state index contributed by atoms with van der Waals surface area (Å²) in [6, 6.07) is 1.42. The molecule has 0 amide bonds. The molecule has 96 valence electrons. The Bertz CT molecular complexity index is 379. The predicted molar refractivity (Wildman–Crippen MR) is 69.6 cm³/mol. The van der Waals surface area contributed by atoms with E-state index in [0.717, 1.165) is 11.8 Å². The topological polar surface area (TPSA) is 34.1 Å². The third kappa shape index (κ3) is 4.52. The van der Waals surface area contributed by atoms with E-state index in [9.17, 15) is 4.39 Å². The van der Waals surface area contributed by atoms with Crippen molar-refractivity contribution < 1.29 is 9.13 Å². The highest BCUT2D eigenvalue weighted by Gasteiger charge is 2.17. The summed E-state index contributed by atoms with van der Waals surface area (Å²) >= 11 is 1.61. The monoisotopic (exact) mass is 258 g/mol. The summed E-state index contributed by atoms with van der Waals surface area (Å²) in [6.07, 6.45) is 1.16. The molecule has 0 aliphatic carbocycles. The summed E-state index contributed by atoms with van der Waals surface area (Å²) in [4.78, 5) is 3.92. The van der Waals surface area contributed by atoms with E-state index in [2.05, 4.69) is 30.5 Å². The van der Waals surface area contributed by atoms with Gasteiger partial charge in [-0.25, -0.2) is 9.37 Å². The Morgan fingerprint density at radius 2 is 2.12 bits per heavy atom. The van der Waals surface area contributed by atoms with E-state index in [1.54, 1.807) is 11.9 Å². The summed E-state index contributed by atoms with van der Waals surface area (Å²) in [7, 11) is 1.54. The molecular formula is C12H19FN2OS. The lowest BCUT2D eigenvalue weighted by molar-refractivity contribution is 0.386. The lowest BCUT2D eigenvalue weighted by atomic mass is 10.1. The highest BCUT2D eigenvalue weighted by molar-refractivity contribution is 7.98.